The zero-order chi connectivity index (χ0) is 11.3. The second kappa shape index (κ2) is 5.05. The first-order chi connectivity index (χ1) is 7.09. The van der Waals surface area contributed by atoms with Crippen LogP contribution >= 0.6 is 0 Å². The van der Waals surface area contributed by atoms with Crippen LogP contribution in [0, 0.1) is 0 Å². The number of aromatic nitrogens is 1. The molecule has 0 aliphatic carbocycles. The zero-order valence-corrected chi connectivity index (χ0v) is 8.30. The first-order valence-corrected chi connectivity index (χ1v) is 4.44. The molecule has 1 rings (SSSR count). The number of hydrogen-bond acceptors (Lipinski definition) is 3. The zero-order valence-electron chi connectivity index (χ0n) is 8.30. The summed E-state index contributed by atoms with van der Waals surface area (Å²) in [7, 11) is 0. The highest BCUT2D eigenvalue weighted by Crippen LogP contribution is 2.08. The van der Waals surface area contributed by atoms with Gasteiger partial charge in [0.05, 0.1) is 12.1 Å². The molecule has 1 aromatic rings. The number of pyridine rings is 1. The number of nitrogens with zero attached hydrogens (tertiary/aromatic N) is 1. The molecule has 0 amide bonds. The molecule has 78 valence electrons. The van der Waals surface area contributed by atoms with E-state index in [1.807, 2.05) is 0 Å². The Balaban J connectivity index is 2.94. The van der Waals surface area contributed by atoms with Crippen LogP contribution in [0.25, 0.3) is 6.08 Å². The highest BCUT2D eigenvalue weighted by atomic mass is 16.4. The maximum absolute atomic E-state index is 11.1. The Morgan fingerprint density at radius 3 is 2.67 bits per heavy atom. The summed E-state index contributed by atoms with van der Waals surface area (Å²) < 4.78 is 0. The molecule has 0 aromatic carbocycles. The average Bonchev–Trinajstić information content (AvgIpc) is 2.17. The Kier molecular flexibility index (Phi) is 3.74. The SMILES string of the molecule is CC(=O)/C(=C/c1ccccn1)CC(=O)O. The Morgan fingerprint density at radius 2 is 2.20 bits per heavy atom. The number of aliphatic carboxylic acids is 1. The summed E-state index contributed by atoms with van der Waals surface area (Å²) in [6.07, 6.45) is 2.81. The number of carbonyl (C=O) groups excluding carboxylic acids is 1. The number of carbonyl (C=O) groups is 2. The predicted octanol–water partition coefficient (Wildman–Crippen LogP) is 1.53. The first-order valence-electron chi connectivity index (χ1n) is 4.44. The normalized spacial score (nSPS) is 11.1. The van der Waals surface area contributed by atoms with Gasteiger partial charge in [-0.05, 0) is 25.1 Å². The van der Waals surface area contributed by atoms with Crippen LogP contribution in [-0.4, -0.2) is 21.8 Å². The third kappa shape index (κ3) is 3.72. The minimum Gasteiger partial charge on any atom is -0.481 e. The lowest BCUT2D eigenvalue weighted by atomic mass is 10.1. The van der Waals surface area contributed by atoms with E-state index in [-0.39, 0.29) is 17.8 Å². The molecule has 0 saturated carbocycles. The number of hydrogen-bond donors (Lipinski definition) is 1. The van der Waals surface area contributed by atoms with E-state index in [2.05, 4.69) is 4.98 Å². The molecule has 4 nitrogen and oxygen atoms in total. The summed E-state index contributed by atoms with van der Waals surface area (Å²) in [6, 6.07) is 5.24. The third-order valence-electron chi connectivity index (χ3n) is 1.80. The van der Waals surface area contributed by atoms with Crippen LogP contribution in [0.3, 0.4) is 0 Å². The largest absolute Gasteiger partial charge is 0.481 e. The summed E-state index contributed by atoms with van der Waals surface area (Å²) in [5.74, 6) is -1.27. The van der Waals surface area contributed by atoms with Crippen molar-refractivity contribution >= 4 is 17.8 Å². The van der Waals surface area contributed by atoms with E-state index < -0.39 is 5.97 Å². The standard InChI is InChI=1S/C11H11NO3/c1-8(13)9(7-11(14)15)6-10-4-2-3-5-12-10/h2-6H,7H2,1H3,(H,14,15)/b9-6+. The van der Waals surface area contributed by atoms with E-state index in [9.17, 15) is 9.59 Å². The lowest BCUT2D eigenvalue weighted by Gasteiger charge is -1.99. The van der Waals surface area contributed by atoms with Gasteiger partial charge in [0.1, 0.15) is 0 Å². The smallest absolute Gasteiger partial charge is 0.307 e. The molecule has 0 aliphatic heterocycles. The molecule has 0 aliphatic rings. The Labute approximate surface area is 87.3 Å². The van der Waals surface area contributed by atoms with E-state index in [1.165, 1.54) is 13.0 Å². The summed E-state index contributed by atoms with van der Waals surface area (Å²) >= 11 is 0. The molecule has 1 heterocycles. The van der Waals surface area contributed by atoms with E-state index in [0.717, 1.165) is 0 Å². The van der Waals surface area contributed by atoms with Gasteiger partial charge in [0.25, 0.3) is 0 Å². The van der Waals surface area contributed by atoms with Crippen molar-refractivity contribution < 1.29 is 14.7 Å². The van der Waals surface area contributed by atoms with Crippen LogP contribution in [0.15, 0.2) is 30.0 Å². The van der Waals surface area contributed by atoms with Crippen molar-refractivity contribution in [3.63, 3.8) is 0 Å². The fraction of sp³-hybridized carbons (Fsp3) is 0.182. The van der Waals surface area contributed by atoms with Gasteiger partial charge < -0.3 is 5.11 Å². The fourth-order valence-corrected chi connectivity index (χ4v) is 1.08. The maximum atomic E-state index is 11.1. The van der Waals surface area contributed by atoms with Crippen molar-refractivity contribution in [3.05, 3.63) is 35.7 Å². The number of carboxylic acids is 1. The molecule has 15 heavy (non-hydrogen) atoms. The van der Waals surface area contributed by atoms with Gasteiger partial charge in [-0.2, -0.15) is 0 Å². The molecule has 1 N–H and O–H groups in total. The van der Waals surface area contributed by atoms with Crippen LogP contribution in [0.1, 0.15) is 19.0 Å². The molecule has 0 atom stereocenters. The topological polar surface area (TPSA) is 67.3 Å². The minimum atomic E-state index is -1.02. The van der Waals surface area contributed by atoms with Crippen LogP contribution in [-0.2, 0) is 9.59 Å². The number of Topliss-reactive ketones (excluding diaryl/α,β-unsaturated/α-hetero) is 1. The molecule has 1 aromatic heterocycles. The quantitative estimate of drug-likeness (QED) is 0.757. The highest BCUT2D eigenvalue weighted by molar-refractivity contribution is 6.01. The number of rotatable bonds is 4. The predicted molar refractivity (Wildman–Crippen MR) is 55.1 cm³/mol. The molecular weight excluding hydrogens is 194 g/mol. The third-order valence-corrected chi connectivity index (χ3v) is 1.80. The monoisotopic (exact) mass is 205 g/mol. The van der Waals surface area contributed by atoms with Gasteiger partial charge in [-0.3, -0.25) is 14.6 Å². The van der Waals surface area contributed by atoms with Crippen molar-refractivity contribution in [1.29, 1.82) is 0 Å². The van der Waals surface area contributed by atoms with E-state index >= 15 is 0 Å². The molecule has 0 unspecified atom stereocenters. The van der Waals surface area contributed by atoms with Crippen molar-refractivity contribution in [2.75, 3.05) is 0 Å². The number of ketones is 1. The van der Waals surface area contributed by atoms with Crippen LogP contribution in [0.5, 0.6) is 0 Å². The molecule has 0 radical (unpaired) electrons. The first kappa shape index (κ1) is 11.1. The van der Waals surface area contributed by atoms with E-state index in [1.54, 1.807) is 24.4 Å². The minimum absolute atomic E-state index is 0.247. The summed E-state index contributed by atoms with van der Waals surface area (Å²) in [5, 5.41) is 8.60. The molecule has 0 fully saturated rings. The highest BCUT2D eigenvalue weighted by Gasteiger charge is 2.08. The van der Waals surface area contributed by atoms with Gasteiger partial charge in [-0.15, -0.1) is 0 Å². The van der Waals surface area contributed by atoms with Gasteiger partial charge in [0.15, 0.2) is 5.78 Å². The van der Waals surface area contributed by atoms with Crippen molar-refractivity contribution in [2.24, 2.45) is 0 Å². The molecular formula is C11H11NO3. The summed E-state index contributed by atoms with van der Waals surface area (Å²) in [6.45, 7) is 1.34. The van der Waals surface area contributed by atoms with Crippen LogP contribution in [0.2, 0.25) is 0 Å². The molecule has 4 heteroatoms. The van der Waals surface area contributed by atoms with Crippen molar-refractivity contribution in [3.8, 4) is 0 Å². The van der Waals surface area contributed by atoms with Crippen LogP contribution < -0.4 is 0 Å². The van der Waals surface area contributed by atoms with Crippen molar-refractivity contribution in [1.82, 2.24) is 4.98 Å². The van der Waals surface area contributed by atoms with Gasteiger partial charge in [0.2, 0.25) is 0 Å². The Bertz CT molecular complexity index is 396. The van der Waals surface area contributed by atoms with Gasteiger partial charge in [0, 0.05) is 11.8 Å². The second-order valence-corrected chi connectivity index (χ2v) is 3.05. The molecule has 0 spiro atoms. The summed E-state index contributed by atoms with van der Waals surface area (Å²) in [5.41, 5.74) is 0.838. The Hall–Kier alpha value is -1.97. The molecule has 0 saturated heterocycles. The lowest BCUT2D eigenvalue weighted by Crippen LogP contribution is -2.04. The van der Waals surface area contributed by atoms with Gasteiger partial charge >= 0.3 is 5.97 Å². The van der Waals surface area contributed by atoms with Crippen molar-refractivity contribution in [2.45, 2.75) is 13.3 Å². The van der Waals surface area contributed by atoms with Gasteiger partial charge in [-0.1, -0.05) is 6.07 Å². The van der Waals surface area contributed by atoms with E-state index in [4.69, 9.17) is 5.11 Å². The summed E-state index contributed by atoms with van der Waals surface area (Å²) in [4.78, 5) is 25.6. The Morgan fingerprint density at radius 1 is 1.47 bits per heavy atom. The fourth-order valence-electron chi connectivity index (χ4n) is 1.08. The second-order valence-electron chi connectivity index (χ2n) is 3.05. The number of carboxylic acid groups (broad SMARTS) is 1. The molecule has 0 bridgehead atoms. The van der Waals surface area contributed by atoms with Crippen LogP contribution in [0.4, 0.5) is 0 Å². The lowest BCUT2D eigenvalue weighted by molar-refractivity contribution is -0.136. The maximum Gasteiger partial charge on any atom is 0.307 e. The average molecular weight is 205 g/mol. The van der Waals surface area contributed by atoms with E-state index in [0.29, 0.717) is 5.69 Å². The van der Waals surface area contributed by atoms with Gasteiger partial charge in [-0.25, -0.2) is 0 Å².